The molecule has 23 heavy (non-hydrogen) atoms. The van der Waals surface area contributed by atoms with Crippen molar-refractivity contribution >= 4 is 21.6 Å². The Balaban J connectivity index is 2.09. The maximum absolute atomic E-state index is 12.3. The van der Waals surface area contributed by atoms with Gasteiger partial charge < -0.3 is 9.84 Å². The molecule has 5 nitrogen and oxygen atoms in total. The van der Waals surface area contributed by atoms with E-state index in [9.17, 15) is 13.5 Å². The number of hydrogen-bond acceptors (Lipinski definition) is 4. The first-order valence-corrected chi connectivity index (χ1v) is 8.77. The zero-order valence-electron chi connectivity index (χ0n) is 12.8. The van der Waals surface area contributed by atoms with Crippen LogP contribution in [-0.4, -0.2) is 27.2 Å². The molecule has 0 spiro atoms. The van der Waals surface area contributed by atoms with E-state index in [4.69, 9.17) is 16.3 Å². The number of ether oxygens (including phenoxy) is 1. The van der Waals surface area contributed by atoms with E-state index < -0.39 is 16.1 Å². The van der Waals surface area contributed by atoms with Gasteiger partial charge in [-0.2, -0.15) is 0 Å². The van der Waals surface area contributed by atoms with Gasteiger partial charge in [-0.3, -0.25) is 0 Å². The molecule has 0 bridgehead atoms. The van der Waals surface area contributed by atoms with Crippen molar-refractivity contribution in [3.63, 3.8) is 0 Å². The fourth-order valence-corrected chi connectivity index (χ4v) is 3.34. The lowest BCUT2D eigenvalue weighted by molar-refractivity contribution is 0.182. The zero-order valence-corrected chi connectivity index (χ0v) is 14.4. The van der Waals surface area contributed by atoms with Crippen LogP contribution in [0.4, 0.5) is 0 Å². The summed E-state index contributed by atoms with van der Waals surface area (Å²) in [6, 6.07) is 11.2. The predicted molar refractivity (Wildman–Crippen MR) is 89.3 cm³/mol. The van der Waals surface area contributed by atoms with Crippen molar-refractivity contribution in [1.29, 1.82) is 0 Å². The number of methoxy groups -OCH3 is 1. The van der Waals surface area contributed by atoms with Crippen molar-refractivity contribution < 1.29 is 18.3 Å². The summed E-state index contributed by atoms with van der Waals surface area (Å²) in [5, 5.41) is 10.6. The summed E-state index contributed by atoms with van der Waals surface area (Å²) in [7, 11) is -2.19. The average Bonchev–Trinajstić information content (AvgIpc) is 2.53. The summed E-state index contributed by atoms with van der Waals surface area (Å²) in [4.78, 5) is 0.124. The van der Waals surface area contributed by atoms with Crippen LogP contribution in [0, 0.1) is 6.92 Å². The third-order valence-electron chi connectivity index (χ3n) is 3.40. The largest absolute Gasteiger partial charge is 0.496 e. The van der Waals surface area contributed by atoms with Crippen LogP contribution >= 0.6 is 11.6 Å². The minimum absolute atomic E-state index is 0.124. The molecule has 0 amide bonds. The molecule has 7 heteroatoms. The second-order valence-electron chi connectivity index (χ2n) is 5.05. The first kappa shape index (κ1) is 17.7. The quantitative estimate of drug-likeness (QED) is 0.835. The van der Waals surface area contributed by atoms with Gasteiger partial charge in [0, 0.05) is 11.6 Å². The number of aliphatic hydroxyl groups excluding tert-OH is 1. The molecular formula is C16H18ClNO4S. The Hall–Kier alpha value is -1.60. The Morgan fingerprint density at radius 1 is 1.22 bits per heavy atom. The Kier molecular flexibility index (Phi) is 5.64. The molecule has 0 aromatic heterocycles. The third kappa shape index (κ3) is 4.45. The lowest BCUT2D eigenvalue weighted by Crippen LogP contribution is -2.28. The molecule has 0 saturated heterocycles. The van der Waals surface area contributed by atoms with E-state index in [-0.39, 0.29) is 11.4 Å². The van der Waals surface area contributed by atoms with Gasteiger partial charge in [0.25, 0.3) is 0 Å². The number of aliphatic hydroxyl groups is 1. The molecule has 2 aromatic carbocycles. The Morgan fingerprint density at radius 2 is 1.87 bits per heavy atom. The van der Waals surface area contributed by atoms with Crippen molar-refractivity contribution in [3.8, 4) is 5.75 Å². The van der Waals surface area contributed by atoms with Crippen molar-refractivity contribution in [3.05, 3.63) is 58.6 Å². The number of halogens is 1. The third-order valence-corrected chi connectivity index (χ3v) is 5.07. The van der Waals surface area contributed by atoms with Crippen LogP contribution in [0.15, 0.2) is 47.4 Å². The second-order valence-corrected chi connectivity index (χ2v) is 7.25. The topological polar surface area (TPSA) is 75.6 Å². The van der Waals surface area contributed by atoms with E-state index in [1.165, 1.54) is 19.2 Å². The lowest BCUT2D eigenvalue weighted by Gasteiger charge is -2.13. The fourth-order valence-electron chi connectivity index (χ4n) is 2.09. The summed E-state index contributed by atoms with van der Waals surface area (Å²) in [5.74, 6) is 0.616. The smallest absolute Gasteiger partial charge is 0.240 e. The summed E-state index contributed by atoms with van der Waals surface area (Å²) >= 11 is 5.78. The average molecular weight is 356 g/mol. The van der Waals surface area contributed by atoms with Gasteiger partial charge in [-0.15, -0.1) is 0 Å². The van der Waals surface area contributed by atoms with Crippen molar-refractivity contribution in [1.82, 2.24) is 4.72 Å². The predicted octanol–water partition coefficient (Wildman–Crippen LogP) is 2.67. The normalized spacial score (nSPS) is 12.9. The Morgan fingerprint density at radius 3 is 2.43 bits per heavy atom. The summed E-state index contributed by atoms with van der Waals surface area (Å²) in [6.45, 7) is 1.63. The van der Waals surface area contributed by atoms with Crippen LogP contribution in [0.2, 0.25) is 5.02 Å². The molecule has 0 saturated carbocycles. The molecule has 1 unspecified atom stereocenters. The maximum atomic E-state index is 12.3. The standard InChI is InChI=1S/C16H18ClNO4S/c1-11-9-14(7-8-16(11)22-2)23(20,21)18-10-15(19)12-3-5-13(17)6-4-12/h3-9,15,18-19H,10H2,1-2H3. The Labute approximate surface area is 140 Å². The molecule has 1 atom stereocenters. The minimum Gasteiger partial charge on any atom is -0.496 e. The van der Waals surface area contributed by atoms with E-state index in [0.29, 0.717) is 21.9 Å². The number of aryl methyl sites for hydroxylation is 1. The molecule has 124 valence electrons. The number of rotatable bonds is 6. The van der Waals surface area contributed by atoms with E-state index in [1.54, 1.807) is 37.3 Å². The molecule has 0 heterocycles. The molecule has 2 rings (SSSR count). The molecule has 0 aliphatic carbocycles. The highest BCUT2D eigenvalue weighted by molar-refractivity contribution is 7.89. The SMILES string of the molecule is COc1ccc(S(=O)(=O)NCC(O)c2ccc(Cl)cc2)cc1C. The highest BCUT2D eigenvalue weighted by Crippen LogP contribution is 2.22. The minimum atomic E-state index is -3.71. The fraction of sp³-hybridized carbons (Fsp3) is 0.250. The second kappa shape index (κ2) is 7.31. The van der Waals surface area contributed by atoms with Gasteiger partial charge in [-0.05, 0) is 48.4 Å². The van der Waals surface area contributed by atoms with E-state index >= 15 is 0 Å². The number of benzene rings is 2. The van der Waals surface area contributed by atoms with Crippen molar-refractivity contribution in [2.45, 2.75) is 17.9 Å². The van der Waals surface area contributed by atoms with Crippen LogP contribution in [0.25, 0.3) is 0 Å². The number of nitrogens with one attached hydrogen (secondary N) is 1. The maximum Gasteiger partial charge on any atom is 0.240 e. The lowest BCUT2D eigenvalue weighted by atomic mass is 10.1. The van der Waals surface area contributed by atoms with E-state index in [0.717, 1.165) is 0 Å². The Bertz CT molecular complexity index is 775. The van der Waals surface area contributed by atoms with Crippen LogP contribution in [0.3, 0.4) is 0 Å². The highest BCUT2D eigenvalue weighted by Gasteiger charge is 2.17. The van der Waals surface area contributed by atoms with Gasteiger partial charge in [0.2, 0.25) is 10.0 Å². The summed E-state index contributed by atoms with van der Waals surface area (Å²) in [5.41, 5.74) is 1.30. The van der Waals surface area contributed by atoms with Gasteiger partial charge in [0.15, 0.2) is 0 Å². The monoisotopic (exact) mass is 355 g/mol. The first-order valence-electron chi connectivity index (χ1n) is 6.91. The van der Waals surface area contributed by atoms with Crippen LogP contribution in [-0.2, 0) is 10.0 Å². The van der Waals surface area contributed by atoms with Crippen molar-refractivity contribution in [2.75, 3.05) is 13.7 Å². The first-order chi connectivity index (χ1) is 10.8. The van der Waals surface area contributed by atoms with E-state index in [1.807, 2.05) is 0 Å². The van der Waals surface area contributed by atoms with Gasteiger partial charge in [-0.25, -0.2) is 13.1 Å². The van der Waals surface area contributed by atoms with Gasteiger partial charge >= 0.3 is 0 Å². The van der Waals surface area contributed by atoms with Gasteiger partial charge in [0.1, 0.15) is 5.75 Å². The van der Waals surface area contributed by atoms with Crippen LogP contribution in [0.1, 0.15) is 17.2 Å². The molecule has 0 radical (unpaired) electrons. The van der Waals surface area contributed by atoms with Crippen LogP contribution < -0.4 is 9.46 Å². The number of sulfonamides is 1. The molecular weight excluding hydrogens is 338 g/mol. The number of hydrogen-bond donors (Lipinski definition) is 2. The van der Waals surface area contributed by atoms with Crippen molar-refractivity contribution in [2.24, 2.45) is 0 Å². The molecule has 2 aromatic rings. The zero-order chi connectivity index (χ0) is 17.0. The molecule has 2 N–H and O–H groups in total. The van der Waals surface area contributed by atoms with E-state index in [2.05, 4.69) is 4.72 Å². The molecule has 0 aliphatic heterocycles. The van der Waals surface area contributed by atoms with Gasteiger partial charge in [0.05, 0.1) is 18.1 Å². The van der Waals surface area contributed by atoms with Gasteiger partial charge in [-0.1, -0.05) is 23.7 Å². The van der Waals surface area contributed by atoms with Crippen LogP contribution in [0.5, 0.6) is 5.75 Å². The summed E-state index contributed by atoms with van der Waals surface area (Å²) in [6.07, 6.45) is -0.957. The highest BCUT2D eigenvalue weighted by atomic mass is 35.5. The molecule has 0 fully saturated rings. The summed E-state index contributed by atoms with van der Waals surface area (Å²) < 4.78 is 32.1. The molecule has 0 aliphatic rings.